The first-order chi connectivity index (χ1) is 8.32. The number of carbonyl (C=O) groups is 1. The molecule has 0 amide bonds. The summed E-state index contributed by atoms with van der Waals surface area (Å²) in [5, 5.41) is 0. The van der Waals surface area contributed by atoms with Crippen molar-refractivity contribution in [3.8, 4) is 0 Å². The van der Waals surface area contributed by atoms with E-state index in [-0.39, 0.29) is 6.61 Å². The third-order valence-corrected chi connectivity index (χ3v) is 3.55. The SMILES string of the molecule is CCOC(=O)CS(=O)(=O)Nc1cc(C)cc(Br)c1. The van der Waals surface area contributed by atoms with Gasteiger partial charge in [-0.25, -0.2) is 8.42 Å². The fraction of sp³-hybridized carbons (Fsp3) is 0.364. The number of halogens is 1. The van der Waals surface area contributed by atoms with Crippen LogP contribution in [0.15, 0.2) is 22.7 Å². The van der Waals surface area contributed by atoms with Gasteiger partial charge in [0.05, 0.1) is 6.61 Å². The topological polar surface area (TPSA) is 72.5 Å². The van der Waals surface area contributed by atoms with Gasteiger partial charge in [-0.3, -0.25) is 9.52 Å². The van der Waals surface area contributed by atoms with Crippen molar-refractivity contribution in [1.82, 2.24) is 0 Å². The predicted molar refractivity (Wildman–Crippen MR) is 72.9 cm³/mol. The highest BCUT2D eigenvalue weighted by Gasteiger charge is 2.17. The third kappa shape index (κ3) is 5.05. The Hall–Kier alpha value is -1.08. The molecule has 0 bridgehead atoms. The molecule has 0 spiro atoms. The fourth-order valence-corrected chi connectivity index (χ4v) is 2.92. The van der Waals surface area contributed by atoms with Gasteiger partial charge in [0.1, 0.15) is 0 Å². The van der Waals surface area contributed by atoms with Crippen molar-refractivity contribution in [2.45, 2.75) is 13.8 Å². The first kappa shape index (κ1) is 15.0. The van der Waals surface area contributed by atoms with Crippen LogP contribution in [0.3, 0.4) is 0 Å². The molecule has 0 saturated heterocycles. The van der Waals surface area contributed by atoms with Gasteiger partial charge < -0.3 is 4.74 Å². The number of nitrogens with one attached hydrogen (secondary N) is 1. The molecule has 0 aliphatic rings. The number of hydrogen-bond acceptors (Lipinski definition) is 4. The van der Waals surface area contributed by atoms with Crippen LogP contribution in [0.2, 0.25) is 0 Å². The molecule has 1 rings (SSSR count). The Balaban J connectivity index is 2.79. The summed E-state index contributed by atoms with van der Waals surface area (Å²) in [5.41, 5.74) is 1.31. The zero-order valence-corrected chi connectivity index (χ0v) is 12.5. The summed E-state index contributed by atoms with van der Waals surface area (Å²) in [6.07, 6.45) is 0. The van der Waals surface area contributed by atoms with Gasteiger partial charge in [-0.1, -0.05) is 15.9 Å². The van der Waals surface area contributed by atoms with Crippen molar-refractivity contribution >= 4 is 37.6 Å². The number of benzene rings is 1. The average molecular weight is 336 g/mol. The van der Waals surface area contributed by atoms with Gasteiger partial charge >= 0.3 is 5.97 Å². The lowest BCUT2D eigenvalue weighted by Crippen LogP contribution is -2.24. The Labute approximate surface area is 115 Å². The Morgan fingerprint density at radius 2 is 2.06 bits per heavy atom. The number of anilines is 1. The van der Waals surface area contributed by atoms with Crippen molar-refractivity contribution in [3.05, 3.63) is 28.2 Å². The van der Waals surface area contributed by atoms with Gasteiger partial charge in [0, 0.05) is 10.2 Å². The Kier molecular flexibility index (Phi) is 5.15. The first-order valence-corrected chi connectivity index (χ1v) is 7.70. The van der Waals surface area contributed by atoms with Gasteiger partial charge in [0.2, 0.25) is 10.0 Å². The molecular weight excluding hydrogens is 322 g/mol. The number of hydrogen-bond donors (Lipinski definition) is 1. The summed E-state index contributed by atoms with van der Waals surface area (Å²) >= 11 is 3.27. The maximum atomic E-state index is 11.7. The van der Waals surface area contributed by atoms with Crippen molar-refractivity contribution in [3.63, 3.8) is 0 Å². The molecule has 100 valence electrons. The van der Waals surface area contributed by atoms with Crippen molar-refractivity contribution in [2.24, 2.45) is 0 Å². The minimum Gasteiger partial charge on any atom is -0.465 e. The number of esters is 1. The Morgan fingerprint density at radius 3 is 2.61 bits per heavy atom. The van der Waals surface area contributed by atoms with E-state index in [1.54, 1.807) is 19.1 Å². The molecule has 1 aromatic rings. The highest BCUT2D eigenvalue weighted by atomic mass is 79.9. The van der Waals surface area contributed by atoms with E-state index in [1.165, 1.54) is 0 Å². The van der Waals surface area contributed by atoms with Crippen LogP contribution in [-0.2, 0) is 19.6 Å². The summed E-state index contributed by atoms with van der Waals surface area (Å²) in [5.74, 6) is -1.46. The van der Waals surface area contributed by atoms with Crippen LogP contribution >= 0.6 is 15.9 Å². The molecule has 1 aromatic carbocycles. The molecule has 0 atom stereocenters. The van der Waals surface area contributed by atoms with Gasteiger partial charge in [0.25, 0.3) is 0 Å². The minimum atomic E-state index is -3.73. The third-order valence-electron chi connectivity index (χ3n) is 1.93. The summed E-state index contributed by atoms with van der Waals surface area (Å²) in [7, 11) is -3.73. The number of ether oxygens (including phenoxy) is 1. The van der Waals surface area contributed by atoms with Gasteiger partial charge in [-0.15, -0.1) is 0 Å². The summed E-state index contributed by atoms with van der Waals surface area (Å²) in [6.45, 7) is 3.62. The lowest BCUT2D eigenvalue weighted by molar-refractivity contribution is -0.139. The largest absolute Gasteiger partial charge is 0.465 e. The van der Waals surface area contributed by atoms with Crippen molar-refractivity contribution in [1.29, 1.82) is 0 Å². The first-order valence-electron chi connectivity index (χ1n) is 5.25. The second kappa shape index (κ2) is 6.19. The lowest BCUT2D eigenvalue weighted by Gasteiger charge is -2.08. The molecule has 0 saturated carbocycles. The van der Waals surface area contributed by atoms with E-state index in [9.17, 15) is 13.2 Å². The quantitative estimate of drug-likeness (QED) is 0.836. The molecule has 0 radical (unpaired) electrons. The molecule has 0 fully saturated rings. The van der Waals surface area contributed by atoms with E-state index in [2.05, 4.69) is 25.4 Å². The van der Waals surface area contributed by atoms with Crippen LogP contribution in [0.25, 0.3) is 0 Å². The van der Waals surface area contributed by atoms with E-state index < -0.39 is 21.7 Å². The van der Waals surface area contributed by atoms with Gasteiger partial charge in [0.15, 0.2) is 5.75 Å². The maximum absolute atomic E-state index is 11.7. The molecule has 0 aliphatic carbocycles. The van der Waals surface area contributed by atoms with E-state index in [1.807, 2.05) is 13.0 Å². The van der Waals surface area contributed by atoms with E-state index >= 15 is 0 Å². The van der Waals surface area contributed by atoms with Gasteiger partial charge in [-0.2, -0.15) is 0 Å². The molecule has 5 nitrogen and oxygen atoms in total. The van der Waals surface area contributed by atoms with E-state index in [4.69, 9.17) is 0 Å². The number of aryl methyl sites for hydroxylation is 1. The minimum absolute atomic E-state index is 0.157. The Morgan fingerprint density at radius 1 is 1.39 bits per heavy atom. The summed E-state index contributed by atoms with van der Waals surface area (Å²) in [4.78, 5) is 11.1. The van der Waals surface area contributed by atoms with Gasteiger partial charge in [-0.05, 0) is 37.6 Å². The zero-order valence-electron chi connectivity index (χ0n) is 10.1. The zero-order chi connectivity index (χ0) is 13.8. The molecular formula is C11H14BrNO4S. The van der Waals surface area contributed by atoms with Crippen LogP contribution in [0.5, 0.6) is 0 Å². The van der Waals surface area contributed by atoms with Crippen LogP contribution in [-0.4, -0.2) is 26.7 Å². The van der Waals surface area contributed by atoms with Crippen LogP contribution in [0, 0.1) is 6.92 Å². The highest BCUT2D eigenvalue weighted by Crippen LogP contribution is 2.20. The summed E-state index contributed by atoms with van der Waals surface area (Å²) < 4.78 is 31.0. The fourth-order valence-electron chi connectivity index (χ4n) is 1.37. The molecule has 0 unspecified atom stereocenters. The van der Waals surface area contributed by atoms with E-state index in [0.29, 0.717) is 5.69 Å². The maximum Gasteiger partial charge on any atom is 0.323 e. The lowest BCUT2D eigenvalue weighted by atomic mass is 10.2. The van der Waals surface area contributed by atoms with Crippen LogP contribution in [0.4, 0.5) is 5.69 Å². The smallest absolute Gasteiger partial charge is 0.323 e. The van der Waals surface area contributed by atoms with Crippen molar-refractivity contribution in [2.75, 3.05) is 17.1 Å². The van der Waals surface area contributed by atoms with Crippen molar-refractivity contribution < 1.29 is 17.9 Å². The summed E-state index contributed by atoms with van der Waals surface area (Å²) in [6, 6.07) is 5.15. The Bertz CT molecular complexity index is 522. The number of rotatable bonds is 5. The van der Waals surface area contributed by atoms with E-state index in [0.717, 1.165) is 10.0 Å². The molecule has 18 heavy (non-hydrogen) atoms. The predicted octanol–water partition coefficient (Wildman–Crippen LogP) is 2.06. The second-order valence-electron chi connectivity index (χ2n) is 3.68. The highest BCUT2D eigenvalue weighted by molar-refractivity contribution is 9.10. The average Bonchev–Trinajstić information content (AvgIpc) is 2.13. The standard InChI is InChI=1S/C11H14BrNO4S/c1-3-17-11(14)7-18(15,16)13-10-5-8(2)4-9(12)6-10/h4-6,13H,3,7H2,1-2H3. The molecule has 0 aromatic heterocycles. The van der Waals surface area contributed by atoms with Crippen LogP contribution in [0.1, 0.15) is 12.5 Å². The normalized spacial score (nSPS) is 11.1. The monoisotopic (exact) mass is 335 g/mol. The van der Waals surface area contributed by atoms with Crippen LogP contribution < -0.4 is 4.72 Å². The number of sulfonamides is 1. The molecule has 0 heterocycles. The molecule has 0 aliphatic heterocycles. The second-order valence-corrected chi connectivity index (χ2v) is 6.32. The molecule has 7 heteroatoms. The molecule has 1 N–H and O–H groups in total. The number of carbonyl (C=O) groups excluding carboxylic acids is 1.